The summed E-state index contributed by atoms with van der Waals surface area (Å²) in [7, 11) is -4.38. The number of hydrogen-bond donors (Lipinski definition) is 3. The highest BCUT2D eigenvalue weighted by Crippen LogP contribution is 2.17. The predicted octanol–water partition coefficient (Wildman–Crippen LogP) is -0.228. The molecule has 3 N–H and O–H groups in total. The second-order valence-corrected chi connectivity index (χ2v) is 4.97. The molecule has 0 aliphatic rings. The van der Waals surface area contributed by atoms with Gasteiger partial charge in [-0.3, -0.25) is 14.3 Å². The van der Waals surface area contributed by atoms with Crippen LogP contribution >= 0.6 is 0 Å². The van der Waals surface area contributed by atoms with Gasteiger partial charge in [0.25, 0.3) is 15.7 Å². The number of H-pyrrole nitrogens is 2. The number of aryl methyl sites for hydroxylation is 1. The summed E-state index contributed by atoms with van der Waals surface area (Å²) < 4.78 is 30.9. The van der Waals surface area contributed by atoms with E-state index in [1.54, 1.807) is 0 Å². The van der Waals surface area contributed by atoms with Crippen LogP contribution in [-0.4, -0.2) is 22.9 Å². The lowest BCUT2D eigenvalue weighted by Gasteiger charge is -2.03. The number of aromatic amines is 2. The molecule has 0 amide bonds. The first-order valence-electron chi connectivity index (χ1n) is 4.53. The lowest BCUT2D eigenvalue weighted by atomic mass is 10.1. The number of benzene rings is 1. The van der Waals surface area contributed by atoms with Crippen molar-refractivity contribution in [2.24, 2.45) is 0 Å². The molecule has 0 aliphatic heterocycles. The van der Waals surface area contributed by atoms with Crippen LogP contribution in [0.25, 0.3) is 10.9 Å². The summed E-state index contributed by atoms with van der Waals surface area (Å²) in [6, 6.07) is 2.19. The SMILES string of the molecule is Cc1cc(S(=O)(=O)O)cc2[nH]c(=O)[nH]c(=O)c12. The van der Waals surface area contributed by atoms with Gasteiger partial charge in [0, 0.05) is 0 Å². The minimum Gasteiger partial charge on any atom is -0.307 e. The molecular weight excluding hydrogens is 248 g/mol. The van der Waals surface area contributed by atoms with E-state index < -0.39 is 21.4 Å². The Morgan fingerprint density at radius 3 is 2.41 bits per heavy atom. The molecule has 0 spiro atoms. The van der Waals surface area contributed by atoms with E-state index in [1.807, 2.05) is 4.98 Å². The highest BCUT2D eigenvalue weighted by Gasteiger charge is 2.14. The fraction of sp³-hybridized carbons (Fsp3) is 0.111. The summed E-state index contributed by atoms with van der Waals surface area (Å²) in [5.41, 5.74) is -0.948. The quantitative estimate of drug-likeness (QED) is 0.609. The van der Waals surface area contributed by atoms with Gasteiger partial charge in [0.15, 0.2) is 0 Å². The highest BCUT2D eigenvalue weighted by molar-refractivity contribution is 7.85. The second kappa shape index (κ2) is 3.54. The van der Waals surface area contributed by atoms with Gasteiger partial charge >= 0.3 is 5.69 Å². The maximum absolute atomic E-state index is 11.5. The van der Waals surface area contributed by atoms with Gasteiger partial charge in [-0.2, -0.15) is 8.42 Å². The monoisotopic (exact) mass is 256 g/mol. The zero-order chi connectivity index (χ0) is 12.8. The summed E-state index contributed by atoms with van der Waals surface area (Å²) in [6.07, 6.45) is 0. The number of rotatable bonds is 1. The third kappa shape index (κ3) is 1.99. The van der Waals surface area contributed by atoms with Crippen molar-refractivity contribution in [1.29, 1.82) is 0 Å². The largest absolute Gasteiger partial charge is 0.326 e. The summed E-state index contributed by atoms with van der Waals surface area (Å²) in [6.45, 7) is 1.50. The van der Waals surface area contributed by atoms with Crippen LogP contribution in [0, 0.1) is 6.92 Å². The van der Waals surface area contributed by atoms with Crippen LogP contribution in [0.3, 0.4) is 0 Å². The molecule has 0 aliphatic carbocycles. The molecular formula is C9H8N2O5S. The first kappa shape index (κ1) is 11.6. The Labute approximate surface area is 94.9 Å². The van der Waals surface area contributed by atoms with Crippen LogP contribution < -0.4 is 11.2 Å². The van der Waals surface area contributed by atoms with Crippen LogP contribution in [-0.2, 0) is 10.1 Å². The second-order valence-electron chi connectivity index (χ2n) is 3.55. The molecule has 17 heavy (non-hydrogen) atoms. The van der Waals surface area contributed by atoms with E-state index in [2.05, 4.69) is 4.98 Å². The van der Waals surface area contributed by atoms with E-state index in [0.29, 0.717) is 5.56 Å². The molecule has 1 aromatic carbocycles. The molecule has 1 heterocycles. The van der Waals surface area contributed by atoms with Crippen molar-refractivity contribution in [3.8, 4) is 0 Å². The topological polar surface area (TPSA) is 120 Å². The van der Waals surface area contributed by atoms with Crippen molar-refractivity contribution in [2.75, 3.05) is 0 Å². The van der Waals surface area contributed by atoms with Crippen molar-refractivity contribution >= 4 is 21.0 Å². The maximum Gasteiger partial charge on any atom is 0.326 e. The Balaban J connectivity index is 3.02. The molecule has 8 heteroatoms. The van der Waals surface area contributed by atoms with Crippen molar-refractivity contribution in [3.63, 3.8) is 0 Å². The van der Waals surface area contributed by atoms with Crippen LogP contribution in [0.4, 0.5) is 0 Å². The molecule has 0 saturated carbocycles. The zero-order valence-electron chi connectivity index (χ0n) is 8.64. The van der Waals surface area contributed by atoms with E-state index in [1.165, 1.54) is 6.92 Å². The molecule has 0 fully saturated rings. The third-order valence-corrected chi connectivity index (χ3v) is 3.14. The zero-order valence-corrected chi connectivity index (χ0v) is 9.46. The summed E-state index contributed by atoms with van der Waals surface area (Å²) in [5, 5.41) is 0.178. The number of aromatic nitrogens is 2. The van der Waals surface area contributed by atoms with Gasteiger partial charge < -0.3 is 4.98 Å². The molecule has 0 radical (unpaired) electrons. The van der Waals surface area contributed by atoms with Crippen molar-refractivity contribution in [2.45, 2.75) is 11.8 Å². The third-order valence-electron chi connectivity index (χ3n) is 2.31. The molecule has 0 atom stereocenters. The highest BCUT2D eigenvalue weighted by atomic mass is 32.2. The number of fused-ring (bicyclic) bond motifs is 1. The molecule has 90 valence electrons. The smallest absolute Gasteiger partial charge is 0.307 e. The van der Waals surface area contributed by atoms with Gasteiger partial charge in [-0.05, 0) is 24.6 Å². The Hall–Kier alpha value is -1.93. The first-order chi connectivity index (χ1) is 7.79. The standard InChI is InChI=1S/C9H8N2O5S/c1-4-2-5(17(14,15)16)3-6-7(4)8(12)11-9(13)10-6/h2-3H,1H3,(H,14,15,16)(H2,10,11,12,13). The Bertz CT molecular complexity index is 815. The number of hydrogen-bond acceptors (Lipinski definition) is 4. The summed E-state index contributed by atoms with van der Waals surface area (Å²) in [4.78, 5) is 26.5. The molecule has 2 aromatic rings. The van der Waals surface area contributed by atoms with E-state index in [0.717, 1.165) is 12.1 Å². The van der Waals surface area contributed by atoms with Gasteiger partial charge in [-0.25, -0.2) is 4.79 Å². The van der Waals surface area contributed by atoms with Crippen LogP contribution in [0.15, 0.2) is 26.6 Å². The first-order valence-corrected chi connectivity index (χ1v) is 5.97. The fourth-order valence-corrected chi connectivity index (χ4v) is 2.21. The van der Waals surface area contributed by atoms with Crippen molar-refractivity contribution < 1.29 is 13.0 Å². The van der Waals surface area contributed by atoms with Gasteiger partial charge in [-0.1, -0.05) is 0 Å². The van der Waals surface area contributed by atoms with E-state index in [4.69, 9.17) is 4.55 Å². The molecule has 0 bridgehead atoms. The minimum absolute atomic E-state index is 0.0615. The van der Waals surface area contributed by atoms with Gasteiger partial charge in [0.2, 0.25) is 0 Å². The van der Waals surface area contributed by atoms with Crippen molar-refractivity contribution in [3.05, 3.63) is 38.5 Å². The molecule has 7 nitrogen and oxygen atoms in total. The minimum atomic E-state index is -4.38. The van der Waals surface area contributed by atoms with Crippen molar-refractivity contribution in [1.82, 2.24) is 9.97 Å². The number of nitrogens with one attached hydrogen (secondary N) is 2. The summed E-state index contributed by atoms with van der Waals surface area (Å²) >= 11 is 0. The van der Waals surface area contributed by atoms with Gasteiger partial charge in [-0.15, -0.1) is 0 Å². The van der Waals surface area contributed by atoms with Gasteiger partial charge in [0.1, 0.15) is 0 Å². The normalized spacial score (nSPS) is 11.9. The average molecular weight is 256 g/mol. The Morgan fingerprint density at radius 2 is 1.82 bits per heavy atom. The Kier molecular flexibility index (Phi) is 2.40. The molecule has 0 saturated heterocycles. The van der Waals surface area contributed by atoms with Crippen LogP contribution in [0.1, 0.15) is 5.56 Å². The fourth-order valence-electron chi connectivity index (χ4n) is 1.62. The molecule has 0 unspecified atom stereocenters. The average Bonchev–Trinajstić information content (AvgIpc) is 2.13. The lowest BCUT2D eigenvalue weighted by Crippen LogP contribution is -2.22. The molecule has 2 rings (SSSR count). The maximum atomic E-state index is 11.5. The Morgan fingerprint density at radius 1 is 1.18 bits per heavy atom. The van der Waals surface area contributed by atoms with E-state index in [9.17, 15) is 18.0 Å². The molecule has 1 aromatic heterocycles. The van der Waals surface area contributed by atoms with E-state index in [-0.39, 0.29) is 15.8 Å². The van der Waals surface area contributed by atoms with Gasteiger partial charge in [0.05, 0.1) is 15.8 Å². The lowest BCUT2D eigenvalue weighted by molar-refractivity contribution is 0.483. The van der Waals surface area contributed by atoms with Crippen LogP contribution in [0.5, 0.6) is 0 Å². The van der Waals surface area contributed by atoms with Crippen LogP contribution in [0.2, 0.25) is 0 Å². The summed E-state index contributed by atoms with van der Waals surface area (Å²) in [5.74, 6) is 0. The van der Waals surface area contributed by atoms with E-state index >= 15 is 0 Å². The predicted molar refractivity (Wildman–Crippen MR) is 59.7 cm³/mol.